The van der Waals surface area contributed by atoms with Crippen LogP contribution in [0.15, 0.2) is 77.7 Å². The Bertz CT molecular complexity index is 1950. The van der Waals surface area contributed by atoms with Gasteiger partial charge in [-0.05, 0) is 106 Å². The molecule has 4 aromatic rings. The van der Waals surface area contributed by atoms with Crippen molar-refractivity contribution in [1.82, 2.24) is 20.2 Å². The number of benzene rings is 2. The number of carbonyl (C=O) groups is 3. The predicted octanol–water partition coefficient (Wildman–Crippen LogP) is 4.33. The van der Waals surface area contributed by atoms with Gasteiger partial charge in [0.25, 0.3) is 11.8 Å². The van der Waals surface area contributed by atoms with Crippen LogP contribution in [-0.4, -0.2) is 56.7 Å². The summed E-state index contributed by atoms with van der Waals surface area (Å²) in [5.41, 5.74) is 0.635. The van der Waals surface area contributed by atoms with Crippen molar-refractivity contribution in [3.8, 4) is 5.69 Å². The largest absolute Gasteiger partial charge is 0.464 e. The van der Waals surface area contributed by atoms with Crippen molar-refractivity contribution < 1.29 is 24.2 Å². The first-order valence-electron chi connectivity index (χ1n) is 16.6. The molecule has 0 radical (unpaired) electrons. The van der Waals surface area contributed by atoms with Crippen LogP contribution in [-0.2, 0) is 16.0 Å². The molecule has 10 nitrogen and oxygen atoms in total. The standard InChI is InChI=1S/C38H40N4O6/c1-37(2,47)36(46)41-38-19-23-16-25(20-38)30(26(17-23)21-38)40-34(44)24-13-11-22(12-14-24)18-29-31(35(45)48-3)42(27-8-5-4-6-9-27)33-28(32(29)43)10-7-15-39-33/h4-15,23,25-26,30,47H,16-21H2,1-3H3,(H,40,44)(H,41,46)/t23-,25-,26+,30-,38-. The topological polar surface area (TPSA) is 140 Å². The van der Waals surface area contributed by atoms with Gasteiger partial charge in [-0.2, -0.15) is 0 Å². The molecule has 5 atom stereocenters. The van der Waals surface area contributed by atoms with Gasteiger partial charge in [0, 0.05) is 41.0 Å². The number of para-hydroxylation sites is 1. The molecule has 0 aliphatic heterocycles. The Morgan fingerprint density at radius 2 is 1.67 bits per heavy atom. The average molecular weight is 649 g/mol. The number of esters is 1. The van der Waals surface area contributed by atoms with E-state index < -0.39 is 11.6 Å². The molecule has 10 heteroatoms. The molecular weight excluding hydrogens is 608 g/mol. The number of aliphatic hydroxyl groups is 1. The number of pyridine rings is 2. The number of amides is 2. The number of carbonyl (C=O) groups excluding carboxylic acids is 3. The zero-order valence-corrected chi connectivity index (χ0v) is 27.4. The maximum absolute atomic E-state index is 13.8. The number of ether oxygens (including phenoxy) is 1. The van der Waals surface area contributed by atoms with Crippen LogP contribution in [0.1, 0.15) is 77.9 Å². The highest BCUT2D eigenvalue weighted by Crippen LogP contribution is 2.56. The highest BCUT2D eigenvalue weighted by atomic mass is 16.5. The van der Waals surface area contributed by atoms with E-state index in [0.29, 0.717) is 28.2 Å². The van der Waals surface area contributed by atoms with Gasteiger partial charge in [-0.3, -0.25) is 19.0 Å². The summed E-state index contributed by atoms with van der Waals surface area (Å²) in [6.07, 6.45) is 6.27. The summed E-state index contributed by atoms with van der Waals surface area (Å²) in [7, 11) is 1.29. The fourth-order valence-electron chi connectivity index (χ4n) is 8.59. The lowest BCUT2D eigenvalue weighted by atomic mass is 9.51. The van der Waals surface area contributed by atoms with E-state index in [4.69, 9.17) is 4.74 Å². The first-order valence-corrected chi connectivity index (χ1v) is 16.6. The fourth-order valence-corrected chi connectivity index (χ4v) is 8.59. The Morgan fingerprint density at radius 3 is 2.31 bits per heavy atom. The second-order valence-corrected chi connectivity index (χ2v) is 14.3. The fraction of sp³-hybridized carbons (Fsp3) is 0.395. The molecule has 4 aliphatic carbocycles. The summed E-state index contributed by atoms with van der Waals surface area (Å²) in [4.78, 5) is 57.8. The van der Waals surface area contributed by atoms with Crippen LogP contribution < -0.4 is 16.1 Å². The van der Waals surface area contributed by atoms with E-state index >= 15 is 0 Å². The number of hydrogen-bond acceptors (Lipinski definition) is 7. The van der Waals surface area contributed by atoms with Gasteiger partial charge in [0.05, 0.1) is 12.5 Å². The lowest BCUT2D eigenvalue weighted by molar-refractivity contribution is -0.143. The molecule has 2 amide bonds. The van der Waals surface area contributed by atoms with E-state index in [0.717, 1.165) is 37.7 Å². The van der Waals surface area contributed by atoms with Crippen molar-refractivity contribution >= 4 is 28.8 Å². The van der Waals surface area contributed by atoms with Crippen molar-refractivity contribution in [2.45, 2.75) is 69.6 Å². The second kappa shape index (κ2) is 12.0. The van der Waals surface area contributed by atoms with Gasteiger partial charge in [0.15, 0.2) is 5.43 Å². The minimum atomic E-state index is -1.44. The molecule has 4 aliphatic rings. The number of rotatable bonds is 8. The maximum Gasteiger partial charge on any atom is 0.355 e. The van der Waals surface area contributed by atoms with E-state index in [2.05, 4.69) is 15.6 Å². The molecule has 0 unspecified atom stereocenters. The number of aromatic nitrogens is 2. The van der Waals surface area contributed by atoms with E-state index in [1.54, 1.807) is 35.0 Å². The molecule has 8 rings (SSSR count). The molecule has 248 valence electrons. The lowest BCUT2D eigenvalue weighted by Crippen LogP contribution is -2.68. The van der Waals surface area contributed by atoms with Crippen molar-refractivity contribution in [2.75, 3.05) is 7.11 Å². The van der Waals surface area contributed by atoms with Crippen LogP contribution in [0.4, 0.5) is 0 Å². The highest BCUT2D eigenvalue weighted by molar-refractivity contribution is 5.95. The molecule has 0 spiro atoms. The zero-order valence-electron chi connectivity index (χ0n) is 27.4. The first kappa shape index (κ1) is 31.8. The van der Waals surface area contributed by atoms with Crippen LogP contribution >= 0.6 is 0 Å². The Hall–Kier alpha value is -4.83. The van der Waals surface area contributed by atoms with Crippen molar-refractivity contribution in [1.29, 1.82) is 0 Å². The van der Waals surface area contributed by atoms with E-state index in [1.165, 1.54) is 21.0 Å². The number of hydrogen-bond donors (Lipinski definition) is 3. The Morgan fingerprint density at radius 1 is 0.979 bits per heavy atom. The minimum Gasteiger partial charge on any atom is -0.464 e. The summed E-state index contributed by atoms with van der Waals surface area (Å²) in [5.74, 6) is -0.133. The molecular formula is C38H40N4O6. The Kier molecular flexibility index (Phi) is 7.94. The SMILES string of the molecule is COC(=O)c1c(Cc2ccc(C(=O)N[C@@H]3[C@@H]4C[C@@H]5C[C@H]3C[C@@](NC(=O)C(C)(C)O)(C5)C4)cc2)c(=O)c2cccnc2n1-c1ccccc1. The quantitative estimate of drug-likeness (QED) is 0.242. The van der Waals surface area contributed by atoms with Crippen molar-refractivity contribution in [3.05, 3.63) is 106 Å². The molecule has 4 saturated carbocycles. The van der Waals surface area contributed by atoms with Crippen LogP contribution in [0.3, 0.4) is 0 Å². The molecule has 2 heterocycles. The molecule has 4 fully saturated rings. The number of nitrogens with one attached hydrogen (secondary N) is 2. The summed E-state index contributed by atoms with van der Waals surface area (Å²) >= 11 is 0. The third kappa shape index (κ3) is 5.68. The molecule has 2 aromatic heterocycles. The van der Waals surface area contributed by atoms with Gasteiger partial charge in [0.1, 0.15) is 16.9 Å². The number of methoxy groups -OCH3 is 1. The molecule has 2 aromatic carbocycles. The van der Waals surface area contributed by atoms with E-state index in [9.17, 15) is 24.3 Å². The second-order valence-electron chi connectivity index (χ2n) is 14.3. The summed E-state index contributed by atoms with van der Waals surface area (Å²) in [5, 5.41) is 17.1. The molecule has 0 saturated heterocycles. The van der Waals surface area contributed by atoms with E-state index in [-0.39, 0.29) is 58.3 Å². The summed E-state index contributed by atoms with van der Waals surface area (Å²) in [6.45, 7) is 3.02. The van der Waals surface area contributed by atoms with Gasteiger partial charge < -0.3 is 20.5 Å². The molecule has 48 heavy (non-hydrogen) atoms. The molecule has 3 N–H and O–H groups in total. The summed E-state index contributed by atoms with van der Waals surface area (Å²) < 4.78 is 6.84. The minimum absolute atomic E-state index is 0.0196. The van der Waals surface area contributed by atoms with Crippen molar-refractivity contribution in [2.24, 2.45) is 17.8 Å². The lowest BCUT2D eigenvalue weighted by Gasteiger charge is -2.60. The van der Waals surface area contributed by atoms with Crippen molar-refractivity contribution in [3.63, 3.8) is 0 Å². The third-order valence-electron chi connectivity index (χ3n) is 10.5. The average Bonchev–Trinajstić information content (AvgIpc) is 3.07. The van der Waals surface area contributed by atoms with Gasteiger partial charge >= 0.3 is 5.97 Å². The van der Waals surface area contributed by atoms with E-state index in [1.807, 2.05) is 42.5 Å². The Labute approximate surface area is 278 Å². The monoisotopic (exact) mass is 648 g/mol. The normalized spacial score (nSPS) is 24.3. The number of nitrogens with zero attached hydrogens (tertiary/aromatic N) is 2. The highest BCUT2D eigenvalue weighted by Gasteiger charge is 2.56. The number of fused-ring (bicyclic) bond motifs is 1. The van der Waals surface area contributed by atoms with Crippen LogP contribution in [0.2, 0.25) is 0 Å². The zero-order chi connectivity index (χ0) is 33.8. The predicted molar refractivity (Wildman–Crippen MR) is 180 cm³/mol. The Balaban J connectivity index is 1.13. The maximum atomic E-state index is 13.8. The van der Waals surface area contributed by atoms with Crippen LogP contribution in [0.25, 0.3) is 16.7 Å². The van der Waals surface area contributed by atoms with Gasteiger partial charge in [-0.1, -0.05) is 30.3 Å². The van der Waals surface area contributed by atoms with Gasteiger partial charge in [0.2, 0.25) is 0 Å². The van der Waals surface area contributed by atoms with Crippen LogP contribution in [0, 0.1) is 17.8 Å². The molecule has 4 bridgehead atoms. The van der Waals surface area contributed by atoms with Crippen LogP contribution in [0.5, 0.6) is 0 Å². The first-order chi connectivity index (χ1) is 23.0. The third-order valence-corrected chi connectivity index (χ3v) is 10.5. The summed E-state index contributed by atoms with van der Waals surface area (Å²) in [6, 6.07) is 19.8. The van der Waals surface area contributed by atoms with Gasteiger partial charge in [-0.25, -0.2) is 9.78 Å². The smallest absolute Gasteiger partial charge is 0.355 e. The van der Waals surface area contributed by atoms with Gasteiger partial charge in [-0.15, -0.1) is 0 Å².